The molecule has 2 aromatic rings. The number of unbranched alkanes of at least 4 members (excludes halogenated alkanes) is 1. The number of carbonyl (C=O) groups is 1. The first-order valence-corrected chi connectivity index (χ1v) is 11.0. The normalized spacial score (nSPS) is 15.9. The van der Waals surface area contributed by atoms with Gasteiger partial charge in [-0.3, -0.25) is 0 Å². The summed E-state index contributed by atoms with van der Waals surface area (Å²) in [5, 5.41) is 4.45. The predicted molar refractivity (Wildman–Crippen MR) is 113 cm³/mol. The predicted octanol–water partition coefficient (Wildman–Crippen LogP) is 5.22. The molecule has 6 nitrogen and oxygen atoms in total. The molecule has 0 N–H and O–H groups in total. The van der Waals surface area contributed by atoms with Crippen molar-refractivity contribution in [1.29, 1.82) is 0 Å². The molecular weight excluding hydrogens is 479 g/mol. The molecule has 1 aliphatic heterocycles. The van der Waals surface area contributed by atoms with E-state index in [1.807, 2.05) is 4.90 Å². The van der Waals surface area contributed by atoms with Crippen LogP contribution in [0.1, 0.15) is 54.2 Å². The minimum absolute atomic E-state index is 0.169. The van der Waals surface area contributed by atoms with Crippen molar-refractivity contribution in [3.63, 3.8) is 0 Å². The Balaban J connectivity index is 1.90. The number of esters is 1. The maximum atomic E-state index is 13.1. The van der Waals surface area contributed by atoms with E-state index in [0.29, 0.717) is 35.7 Å². The molecule has 1 aromatic carbocycles. The summed E-state index contributed by atoms with van der Waals surface area (Å²) in [5.41, 5.74) is 0.0508. The number of anilines is 1. The van der Waals surface area contributed by atoms with E-state index >= 15 is 0 Å². The van der Waals surface area contributed by atoms with Crippen LogP contribution in [0.4, 0.5) is 19.0 Å². The monoisotopic (exact) mass is 503 g/mol. The van der Waals surface area contributed by atoms with Gasteiger partial charge in [-0.25, -0.2) is 9.48 Å². The first kappa shape index (κ1) is 23.6. The van der Waals surface area contributed by atoms with Crippen molar-refractivity contribution in [2.24, 2.45) is 0 Å². The van der Waals surface area contributed by atoms with E-state index in [4.69, 9.17) is 9.47 Å². The van der Waals surface area contributed by atoms with E-state index in [1.54, 1.807) is 17.7 Å². The number of benzene rings is 1. The Labute approximate surface area is 187 Å². The first-order valence-electron chi connectivity index (χ1n) is 10.2. The molecule has 31 heavy (non-hydrogen) atoms. The quantitative estimate of drug-likeness (QED) is 0.346. The van der Waals surface area contributed by atoms with Crippen LogP contribution in [-0.4, -0.2) is 42.1 Å². The molecule has 0 fully saturated rings. The van der Waals surface area contributed by atoms with Crippen LogP contribution in [0, 0.1) is 0 Å². The van der Waals surface area contributed by atoms with Crippen molar-refractivity contribution < 1.29 is 27.4 Å². The van der Waals surface area contributed by atoms with E-state index in [1.165, 1.54) is 6.07 Å². The molecule has 0 radical (unpaired) electrons. The van der Waals surface area contributed by atoms with Crippen LogP contribution in [0.15, 0.2) is 28.9 Å². The summed E-state index contributed by atoms with van der Waals surface area (Å²) in [4.78, 5) is 14.4. The number of fused-ring (bicyclic) bond motifs is 1. The third kappa shape index (κ3) is 5.41. The largest absolute Gasteiger partial charge is 0.462 e. The summed E-state index contributed by atoms with van der Waals surface area (Å²) in [7, 11) is 0. The number of halogens is 4. The molecule has 0 unspecified atom stereocenters. The number of hydrogen-bond acceptors (Lipinski definition) is 5. The second-order valence-electron chi connectivity index (χ2n) is 7.32. The Morgan fingerprint density at radius 2 is 2.10 bits per heavy atom. The molecule has 0 amide bonds. The second kappa shape index (κ2) is 10.0. The van der Waals surface area contributed by atoms with Crippen LogP contribution in [0.2, 0.25) is 0 Å². The molecule has 1 atom stereocenters. The van der Waals surface area contributed by atoms with Gasteiger partial charge in [-0.2, -0.15) is 18.3 Å². The summed E-state index contributed by atoms with van der Waals surface area (Å²) in [6.45, 7) is 5.65. The van der Waals surface area contributed by atoms with Gasteiger partial charge in [-0.1, -0.05) is 25.5 Å². The van der Waals surface area contributed by atoms with Crippen molar-refractivity contribution >= 4 is 27.7 Å². The number of aromatic nitrogens is 2. The SMILES string of the molecule is CCCCOC[C@@H]1CN(Cc2cccc(C(F)(F)F)c2)c2c(C(=O)OCC)c(Br)nn21. The minimum atomic E-state index is -4.42. The molecule has 0 aliphatic carbocycles. The van der Waals surface area contributed by atoms with Gasteiger partial charge in [-0.15, -0.1) is 0 Å². The average Bonchev–Trinajstić information content (AvgIpc) is 3.21. The van der Waals surface area contributed by atoms with Gasteiger partial charge < -0.3 is 14.4 Å². The fraction of sp³-hybridized carbons (Fsp3) is 0.524. The van der Waals surface area contributed by atoms with Crippen LogP contribution in [-0.2, 0) is 22.2 Å². The maximum Gasteiger partial charge on any atom is 0.416 e. The highest BCUT2D eigenvalue weighted by Crippen LogP contribution is 2.38. The Kier molecular flexibility index (Phi) is 7.64. The highest BCUT2D eigenvalue weighted by atomic mass is 79.9. The Bertz CT molecular complexity index is 917. The van der Waals surface area contributed by atoms with Crippen LogP contribution in [0.5, 0.6) is 0 Å². The summed E-state index contributed by atoms with van der Waals surface area (Å²) >= 11 is 3.34. The highest BCUT2D eigenvalue weighted by Gasteiger charge is 2.37. The topological polar surface area (TPSA) is 56.6 Å². The molecule has 170 valence electrons. The van der Waals surface area contributed by atoms with Gasteiger partial charge in [0, 0.05) is 19.7 Å². The molecule has 0 saturated carbocycles. The van der Waals surface area contributed by atoms with Crippen molar-refractivity contribution in [2.45, 2.75) is 45.5 Å². The maximum absolute atomic E-state index is 13.1. The van der Waals surface area contributed by atoms with Crippen molar-refractivity contribution in [1.82, 2.24) is 9.78 Å². The molecular formula is C21H25BrF3N3O3. The third-order valence-corrected chi connectivity index (χ3v) is 5.53. The van der Waals surface area contributed by atoms with E-state index in [9.17, 15) is 18.0 Å². The number of alkyl halides is 3. The fourth-order valence-corrected chi connectivity index (χ4v) is 4.06. The summed E-state index contributed by atoms with van der Waals surface area (Å²) in [6, 6.07) is 5.03. The Morgan fingerprint density at radius 3 is 2.77 bits per heavy atom. The molecule has 0 saturated heterocycles. The fourth-order valence-electron chi connectivity index (χ4n) is 3.55. The smallest absolute Gasteiger partial charge is 0.416 e. The van der Waals surface area contributed by atoms with Gasteiger partial charge >= 0.3 is 12.1 Å². The van der Waals surface area contributed by atoms with Crippen molar-refractivity contribution in [3.8, 4) is 0 Å². The lowest BCUT2D eigenvalue weighted by atomic mass is 10.1. The summed E-state index contributed by atoms with van der Waals surface area (Å²) in [5.74, 6) is -0.0101. The molecule has 0 spiro atoms. The number of rotatable bonds is 9. The lowest BCUT2D eigenvalue weighted by molar-refractivity contribution is -0.137. The molecule has 2 heterocycles. The highest BCUT2D eigenvalue weighted by molar-refractivity contribution is 9.10. The van der Waals surface area contributed by atoms with Gasteiger partial charge in [0.2, 0.25) is 0 Å². The first-order chi connectivity index (χ1) is 14.8. The van der Waals surface area contributed by atoms with E-state index in [2.05, 4.69) is 28.0 Å². The van der Waals surface area contributed by atoms with Gasteiger partial charge in [-0.05, 0) is 47.0 Å². The third-order valence-electron chi connectivity index (χ3n) is 4.98. The Hall–Kier alpha value is -2.07. The van der Waals surface area contributed by atoms with Gasteiger partial charge in [0.1, 0.15) is 16.0 Å². The van der Waals surface area contributed by atoms with Crippen LogP contribution in [0.25, 0.3) is 0 Å². The number of nitrogens with zero attached hydrogens (tertiary/aromatic N) is 3. The zero-order chi connectivity index (χ0) is 22.6. The van der Waals surface area contributed by atoms with Gasteiger partial charge in [0.25, 0.3) is 0 Å². The van der Waals surface area contributed by atoms with Gasteiger partial charge in [0.05, 0.1) is 24.8 Å². The van der Waals surface area contributed by atoms with Crippen molar-refractivity contribution in [3.05, 3.63) is 45.6 Å². The average molecular weight is 504 g/mol. The van der Waals surface area contributed by atoms with Crippen LogP contribution >= 0.6 is 15.9 Å². The molecule has 0 bridgehead atoms. The molecule has 1 aliphatic rings. The minimum Gasteiger partial charge on any atom is -0.462 e. The molecule has 1 aromatic heterocycles. The number of carbonyl (C=O) groups excluding carboxylic acids is 1. The lowest BCUT2D eigenvalue weighted by Gasteiger charge is -2.20. The lowest BCUT2D eigenvalue weighted by Crippen LogP contribution is -2.25. The van der Waals surface area contributed by atoms with Crippen molar-refractivity contribution in [2.75, 3.05) is 31.3 Å². The zero-order valence-corrected chi connectivity index (χ0v) is 19.0. The van der Waals surface area contributed by atoms with Crippen LogP contribution in [0.3, 0.4) is 0 Å². The molecule has 3 rings (SSSR count). The van der Waals surface area contributed by atoms with Gasteiger partial charge in [0.15, 0.2) is 0 Å². The number of ether oxygens (including phenoxy) is 2. The van der Waals surface area contributed by atoms with Crippen LogP contribution < -0.4 is 4.90 Å². The number of hydrogen-bond donors (Lipinski definition) is 0. The summed E-state index contributed by atoms with van der Waals surface area (Å²) in [6.07, 6.45) is -2.47. The Morgan fingerprint density at radius 1 is 1.32 bits per heavy atom. The van der Waals surface area contributed by atoms with E-state index in [-0.39, 0.29) is 24.8 Å². The summed E-state index contributed by atoms with van der Waals surface area (Å²) < 4.78 is 52.4. The van der Waals surface area contributed by atoms with E-state index < -0.39 is 17.7 Å². The standard InChI is InChI=1S/C21H25BrF3N3O3/c1-3-5-9-30-13-16-12-27(11-14-7-6-8-15(10-14)21(23,24)25)19-17(20(29)31-4-2)18(22)26-28(16)19/h6-8,10,16H,3-5,9,11-13H2,1-2H3/t16-/m0/s1. The zero-order valence-electron chi connectivity index (χ0n) is 17.4. The van der Waals surface area contributed by atoms with E-state index in [0.717, 1.165) is 25.0 Å². The molecule has 10 heteroatoms. The second-order valence-corrected chi connectivity index (χ2v) is 8.07.